The zero-order valence-electron chi connectivity index (χ0n) is 14.8. The minimum atomic E-state index is 0.00331. The number of hydrogen-bond acceptors (Lipinski definition) is 4. The van der Waals surface area contributed by atoms with Gasteiger partial charge in [0.1, 0.15) is 5.76 Å². The summed E-state index contributed by atoms with van der Waals surface area (Å²) in [5.41, 5.74) is 0. The van der Waals surface area contributed by atoms with E-state index in [1.165, 1.54) is 38.6 Å². The fourth-order valence-corrected chi connectivity index (χ4v) is 3.85. The van der Waals surface area contributed by atoms with Gasteiger partial charge in [0.05, 0.1) is 12.7 Å². The van der Waals surface area contributed by atoms with Crippen LogP contribution >= 0.6 is 0 Å². The van der Waals surface area contributed by atoms with Crippen molar-refractivity contribution in [3.05, 3.63) is 17.8 Å². The van der Waals surface area contributed by atoms with E-state index >= 15 is 0 Å². The number of aromatic nitrogens is 1. The van der Waals surface area contributed by atoms with Crippen molar-refractivity contribution >= 4 is 6.03 Å². The van der Waals surface area contributed by atoms with Crippen LogP contribution in [0.2, 0.25) is 0 Å². The normalized spacial score (nSPS) is 20.8. The molecule has 2 aliphatic rings. The molecule has 1 saturated heterocycles. The molecular formula is C18H30N4O2. The third kappa shape index (κ3) is 4.97. The molecule has 1 saturated carbocycles. The van der Waals surface area contributed by atoms with Gasteiger partial charge in [-0.2, -0.15) is 0 Å². The maximum atomic E-state index is 12.4. The average Bonchev–Trinajstić information content (AvgIpc) is 2.87. The van der Waals surface area contributed by atoms with E-state index in [1.54, 1.807) is 13.1 Å². The van der Waals surface area contributed by atoms with Crippen molar-refractivity contribution in [3.8, 4) is 0 Å². The third-order valence-corrected chi connectivity index (χ3v) is 5.20. The molecule has 6 heteroatoms. The van der Waals surface area contributed by atoms with Crippen molar-refractivity contribution in [1.29, 1.82) is 0 Å². The molecule has 0 bridgehead atoms. The van der Waals surface area contributed by atoms with Crippen LogP contribution in [0, 0.1) is 12.8 Å². The first-order chi connectivity index (χ1) is 11.7. The highest BCUT2D eigenvalue weighted by Crippen LogP contribution is 2.24. The smallest absolute Gasteiger partial charge is 0.317 e. The summed E-state index contributed by atoms with van der Waals surface area (Å²) in [6.45, 7) is 7.18. The van der Waals surface area contributed by atoms with Crippen LogP contribution in [0.4, 0.5) is 4.79 Å². The minimum Gasteiger partial charge on any atom is -0.444 e. The Balaban J connectivity index is 1.41. The van der Waals surface area contributed by atoms with Crippen LogP contribution in [-0.4, -0.2) is 53.5 Å². The van der Waals surface area contributed by atoms with Crippen molar-refractivity contribution in [2.45, 2.75) is 52.0 Å². The SMILES string of the molecule is Cc1ncc(CNC(=O)N2CCCN(CC3CCCCC3)CC2)o1. The number of hydrogen-bond donors (Lipinski definition) is 1. The number of rotatable bonds is 4. The fourth-order valence-electron chi connectivity index (χ4n) is 3.85. The molecule has 0 radical (unpaired) electrons. The van der Waals surface area contributed by atoms with Gasteiger partial charge in [-0.1, -0.05) is 19.3 Å². The Morgan fingerprint density at radius 1 is 1.21 bits per heavy atom. The summed E-state index contributed by atoms with van der Waals surface area (Å²) in [7, 11) is 0. The summed E-state index contributed by atoms with van der Waals surface area (Å²) < 4.78 is 5.39. The van der Waals surface area contributed by atoms with Gasteiger partial charge >= 0.3 is 6.03 Å². The molecule has 2 fully saturated rings. The highest BCUT2D eigenvalue weighted by atomic mass is 16.4. The zero-order valence-corrected chi connectivity index (χ0v) is 14.8. The zero-order chi connectivity index (χ0) is 16.8. The predicted molar refractivity (Wildman–Crippen MR) is 92.7 cm³/mol. The van der Waals surface area contributed by atoms with Gasteiger partial charge in [0.15, 0.2) is 5.89 Å². The second-order valence-electron chi connectivity index (χ2n) is 7.15. The average molecular weight is 334 g/mol. The summed E-state index contributed by atoms with van der Waals surface area (Å²) in [5.74, 6) is 2.20. The lowest BCUT2D eigenvalue weighted by atomic mass is 9.89. The standard InChI is InChI=1S/C18H30N4O2/c1-15-19-12-17(24-15)13-20-18(23)22-9-5-8-21(10-11-22)14-16-6-3-2-4-7-16/h12,16H,2-11,13-14H2,1H3,(H,20,23). The van der Waals surface area contributed by atoms with Gasteiger partial charge in [0, 0.05) is 33.1 Å². The van der Waals surface area contributed by atoms with Crippen LogP contribution in [-0.2, 0) is 6.54 Å². The summed E-state index contributed by atoms with van der Waals surface area (Å²) in [4.78, 5) is 20.9. The largest absolute Gasteiger partial charge is 0.444 e. The maximum absolute atomic E-state index is 12.4. The van der Waals surface area contributed by atoms with Gasteiger partial charge in [-0.25, -0.2) is 9.78 Å². The first-order valence-corrected chi connectivity index (χ1v) is 9.37. The lowest BCUT2D eigenvalue weighted by Gasteiger charge is -2.28. The lowest BCUT2D eigenvalue weighted by molar-refractivity contribution is 0.189. The molecule has 0 aromatic carbocycles. The van der Waals surface area contributed by atoms with Crippen LogP contribution in [0.25, 0.3) is 0 Å². The summed E-state index contributed by atoms with van der Waals surface area (Å²) in [6, 6.07) is 0.00331. The Kier molecular flexibility index (Phi) is 6.12. The van der Waals surface area contributed by atoms with Crippen LogP contribution in [0.5, 0.6) is 0 Å². The van der Waals surface area contributed by atoms with Gasteiger partial charge in [-0.15, -0.1) is 0 Å². The number of carbonyl (C=O) groups is 1. The van der Waals surface area contributed by atoms with Crippen molar-refractivity contribution < 1.29 is 9.21 Å². The van der Waals surface area contributed by atoms with E-state index in [4.69, 9.17) is 4.42 Å². The monoisotopic (exact) mass is 334 g/mol. The summed E-state index contributed by atoms with van der Waals surface area (Å²) in [5, 5.41) is 2.94. The molecule has 0 spiro atoms. The highest BCUT2D eigenvalue weighted by Gasteiger charge is 2.22. The molecule has 1 aliphatic heterocycles. The second-order valence-corrected chi connectivity index (χ2v) is 7.15. The minimum absolute atomic E-state index is 0.00331. The number of aryl methyl sites for hydroxylation is 1. The van der Waals surface area contributed by atoms with Gasteiger partial charge in [0.2, 0.25) is 0 Å². The molecule has 6 nitrogen and oxygen atoms in total. The molecule has 134 valence electrons. The van der Waals surface area contributed by atoms with E-state index in [-0.39, 0.29) is 6.03 Å². The second kappa shape index (κ2) is 8.51. The molecule has 1 aromatic rings. The van der Waals surface area contributed by atoms with Crippen molar-refractivity contribution in [2.75, 3.05) is 32.7 Å². The van der Waals surface area contributed by atoms with E-state index in [0.717, 1.165) is 38.5 Å². The molecule has 2 heterocycles. The Hall–Kier alpha value is -1.56. The van der Waals surface area contributed by atoms with Crippen LogP contribution in [0.15, 0.2) is 10.6 Å². The quantitative estimate of drug-likeness (QED) is 0.920. The maximum Gasteiger partial charge on any atom is 0.317 e. The van der Waals surface area contributed by atoms with E-state index < -0.39 is 0 Å². The molecule has 1 aromatic heterocycles. The van der Waals surface area contributed by atoms with E-state index in [0.29, 0.717) is 18.2 Å². The van der Waals surface area contributed by atoms with Gasteiger partial charge in [-0.3, -0.25) is 0 Å². The van der Waals surface area contributed by atoms with Gasteiger partial charge < -0.3 is 19.5 Å². The Morgan fingerprint density at radius 3 is 2.79 bits per heavy atom. The summed E-state index contributed by atoms with van der Waals surface area (Å²) in [6.07, 6.45) is 9.71. The van der Waals surface area contributed by atoms with Gasteiger partial charge in [-0.05, 0) is 31.7 Å². The third-order valence-electron chi connectivity index (χ3n) is 5.20. The lowest BCUT2D eigenvalue weighted by Crippen LogP contribution is -2.42. The molecular weight excluding hydrogens is 304 g/mol. The van der Waals surface area contributed by atoms with E-state index in [9.17, 15) is 4.79 Å². The number of nitrogens with zero attached hydrogens (tertiary/aromatic N) is 3. The number of oxazole rings is 1. The Labute approximate surface area is 144 Å². The topological polar surface area (TPSA) is 61.6 Å². The predicted octanol–water partition coefficient (Wildman–Crippen LogP) is 2.78. The number of nitrogens with one attached hydrogen (secondary N) is 1. The first kappa shape index (κ1) is 17.3. The molecule has 24 heavy (non-hydrogen) atoms. The molecule has 3 rings (SSSR count). The molecule has 1 N–H and O–H groups in total. The van der Waals surface area contributed by atoms with Crippen LogP contribution in [0.1, 0.15) is 50.2 Å². The number of urea groups is 1. The van der Waals surface area contributed by atoms with Crippen molar-refractivity contribution in [2.24, 2.45) is 5.92 Å². The van der Waals surface area contributed by atoms with Crippen molar-refractivity contribution in [3.63, 3.8) is 0 Å². The molecule has 1 aliphatic carbocycles. The van der Waals surface area contributed by atoms with Crippen LogP contribution < -0.4 is 5.32 Å². The van der Waals surface area contributed by atoms with Crippen LogP contribution in [0.3, 0.4) is 0 Å². The summed E-state index contributed by atoms with van der Waals surface area (Å²) >= 11 is 0. The Morgan fingerprint density at radius 2 is 2.04 bits per heavy atom. The number of amides is 2. The van der Waals surface area contributed by atoms with Crippen molar-refractivity contribution in [1.82, 2.24) is 20.1 Å². The fraction of sp³-hybridized carbons (Fsp3) is 0.778. The van der Waals surface area contributed by atoms with E-state index in [1.807, 2.05) is 4.90 Å². The molecule has 0 atom stereocenters. The highest BCUT2D eigenvalue weighted by molar-refractivity contribution is 5.74. The molecule has 0 unspecified atom stereocenters. The first-order valence-electron chi connectivity index (χ1n) is 9.37. The molecule has 2 amide bonds. The van der Waals surface area contributed by atoms with E-state index in [2.05, 4.69) is 15.2 Å². The Bertz CT molecular complexity index is 525. The van der Waals surface area contributed by atoms with Gasteiger partial charge in [0.25, 0.3) is 0 Å². The number of carbonyl (C=O) groups excluding carboxylic acids is 1.